The summed E-state index contributed by atoms with van der Waals surface area (Å²) < 4.78 is 0. The van der Waals surface area contributed by atoms with E-state index in [9.17, 15) is 0 Å². The third-order valence-corrected chi connectivity index (χ3v) is 0. The van der Waals surface area contributed by atoms with E-state index < -0.39 is 6.03 Å². The van der Waals surface area contributed by atoms with Crippen LogP contribution in [0, 0.1) is 0 Å². The first kappa shape index (κ1) is 23.3. The van der Waals surface area contributed by atoms with Crippen LogP contribution < -0.4 is 17.6 Å². The van der Waals surface area contributed by atoms with Gasteiger partial charge in [0.25, 0.3) is 0 Å². The Morgan fingerprint density at radius 2 is 1.14 bits per heavy atom. The molecular formula is CH7Ca2N3O. The SMILES string of the molecule is N.NC(N)=O.[Ca].[Ca]. The molecule has 0 atom stereocenters. The van der Waals surface area contributed by atoms with E-state index in [1.807, 2.05) is 0 Å². The van der Waals surface area contributed by atoms with E-state index in [0.29, 0.717) is 0 Å². The number of hydrogen-bond donors (Lipinski definition) is 3. The number of carbonyl (C=O) groups excluding carboxylic acids is 1. The fourth-order valence-electron chi connectivity index (χ4n) is 0. The van der Waals surface area contributed by atoms with Crippen LogP contribution in [0.4, 0.5) is 4.79 Å². The summed E-state index contributed by atoms with van der Waals surface area (Å²) in [6.45, 7) is 0. The normalized spacial score (nSPS) is 3.43. The van der Waals surface area contributed by atoms with E-state index in [2.05, 4.69) is 11.5 Å². The Balaban J connectivity index is -0.0000000150. The average molecular weight is 157 g/mol. The van der Waals surface area contributed by atoms with Crippen LogP contribution in [-0.4, -0.2) is 81.5 Å². The minimum atomic E-state index is -0.833. The minimum Gasteiger partial charge on any atom is -0.352 e. The second-order valence-corrected chi connectivity index (χ2v) is 0.402. The van der Waals surface area contributed by atoms with Crippen molar-refractivity contribution in [3.63, 3.8) is 0 Å². The molecule has 0 spiro atoms. The van der Waals surface area contributed by atoms with Gasteiger partial charge in [0.15, 0.2) is 0 Å². The van der Waals surface area contributed by atoms with Gasteiger partial charge in [-0.1, -0.05) is 0 Å². The van der Waals surface area contributed by atoms with Crippen LogP contribution in [0.1, 0.15) is 0 Å². The van der Waals surface area contributed by atoms with Crippen molar-refractivity contribution in [1.82, 2.24) is 6.15 Å². The Hall–Kier alpha value is 1.75. The van der Waals surface area contributed by atoms with Crippen LogP contribution in [0.15, 0.2) is 0 Å². The van der Waals surface area contributed by atoms with Gasteiger partial charge < -0.3 is 17.6 Å². The third-order valence-electron chi connectivity index (χ3n) is 0. The maximum Gasteiger partial charge on any atom is 0.309 e. The molecule has 0 rings (SSSR count). The molecule has 0 bridgehead atoms. The Morgan fingerprint density at radius 1 is 1.14 bits per heavy atom. The maximum atomic E-state index is 9.00. The number of rotatable bonds is 0. The maximum absolute atomic E-state index is 9.00. The first-order valence-electron chi connectivity index (χ1n) is 0.781. The molecule has 0 aliphatic carbocycles. The summed E-state index contributed by atoms with van der Waals surface area (Å²) in [5, 5.41) is 0. The summed E-state index contributed by atoms with van der Waals surface area (Å²) >= 11 is 0. The van der Waals surface area contributed by atoms with Crippen LogP contribution in [-0.2, 0) is 0 Å². The molecule has 0 aromatic heterocycles. The van der Waals surface area contributed by atoms with Crippen molar-refractivity contribution in [3.8, 4) is 0 Å². The molecule has 0 saturated heterocycles. The zero-order valence-corrected chi connectivity index (χ0v) is 8.60. The fraction of sp³-hybridized carbons (Fsp3) is 0. The third kappa shape index (κ3) is 83.7. The number of hydrogen-bond acceptors (Lipinski definition) is 2. The molecule has 7 heavy (non-hydrogen) atoms. The van der Waals surface area contributed by atoms with Gasteiger partial charge in [-0.25, -0.2) is 4.79 Å². The van der Waals surface area contributed by atoms with Gasteiger partial charge in [0.2, 0.25) is 0 Å². The van der Waals surface area contributed by atoms with Gasteiger partial charge in [0, 0.05) is 75.5 Å². The molecule has 4 radical (unpaired) electrons. The summed E-state index contributed by atoms with van der Waals surface area (Å²) in [4.78, 5) is 9.00. The van der Waals surface area contributed by atoms with Crippen molar-refractivity contribution >= 4 is 81.5 Å². The monoisotopic (exact) mass is 157 g/mol. The molecule has 2 amide bonds. The van der Waals surface area contributed by atoms with Crippen molar-refractivity contribution in [1.29, 1.82) is 0 Å². The molecule has 0 saturated carbocycles. The van der Waals surface area contributed by atoms with E-state index in [1.54, 1.807) is 0 Å². The van der Waals surface area contributed by atoms with Gasteiger partial charge in [0.05, 0.1) is 0 Å². The molecule has 36 valence electrons. The molecule has 4 nitrogen and oxygen atoms in total. The molecule has 0 unspecified atom stereocenters. The van der Waals surface area contributed by atoms with Crippen LogP contribution in [0.3, 0.4) is 0 Å². The van der Waals surface area contributed by atoms with Crippen molar-refractivity contribution in [2.75, 3.05) is 0 Å². The Bertz CT molecular complexity index is 35.9. The van der Waals surface area contributed by atoms with Crippen LogP contribution in [0.5, 0.6) is 0 Å². The van der Waals surface area contributed by atoms with Crippen LogP contribution in [0.2, 0.25) is 0 Å². The van der Waals surface area contributed by atoms with Gasteiger partial charge >= 0.3 is 6.03 Å². The average Bonchev–Trinajstić information content (AvgIpc) is 0.811. The summed E-state index contributed by atoms with van der Waals surface area (Å²) in [5.74, 6) is 0. The van der Waals surface area contributed by atoms with Gasteiger partial charge in [-0.2, -0.15) is 0 Å². The van der Waals surface area contributed by atoms with Gasteiger partial charge in [-0.3, -0.25) is 0 Å². The molecule has 0 aliphatic heterocycles. The number of nitrogens with two attached hydrogens (primary N) is 2. The first-order chi connectivity index (χ1) is 1.73. The summed E-state index contributed by atoms with van der Waals surface area (Å²) in [6, 6.07) is -0.833. The topological polar surface area (TPSA) is 104 Å². The molecule has 6 heteroatoms. The molecule has 0 aromatic carbocycles. The van der Waals surface area contributed by atoms with E-state index in [-0.39, 0.29) is 81.6 Å². The number of primary amides is 2. The molecule has 0 aliphatic rings. The molecular weight excluding hydrogens is 150 g/mol. The minimum absolute atomic E-state index is 0. The van der Waals surface area contributed by atoms with Gasteiger partial charge in [-0.05, 0) is 0 Å². The number of carbonyl (C=O) groups is 1. The summed E-state index contributed by atoms with van der Waals surface area (Å²) in [7, 11) is 0. The largest absolute Gasteiger partial charge is 0.352 e. The van der Waals surface area contributed by atoms with Crippen LogP contribution in [0.25, 0.3) is 0 Å². The van der Waals surface area contributed by atoms with E-state index in [1.165, 1.54) is 0 Å². The smallest absolute Gasteiger partial charge is 0.309 e. The molecule has 7 N–H and O–H groups in total. The molecule has 0 fully saturated rings. The Labute approximate surface area is 102 Å². The van der Waals surface area contributed by atoms with E-state index in [4.69, 9.17) is 4.79 Å². The van der Waals surface area contributed by atoms with E-state index in [0.717, 1.165) is 0 Å². The van der Waals surface area contributed by atoms with Crippen molar-refractivity contribution in [2.24, 2.45) is 11.5 Å². The van der Waals surface area contributed by atoms with Gasteiger partial charge in [-0.15, -0.1) is 0 Å². The van der Waals surface area contributed by atoms with Crippen LogP contribution >= 0.6 is 0 Å². The second kappa shape index (κ2) is 15.7. The van der Waals surface area contributed by atoms with Crippen molar-refractivity contribution < 1.29 is 4.79 Å². The van der Waals surface area contributed by atoms with Crippen molar-refractivity contribution in [2.45, 2.75) is 0 Å². The predicted octanol–water partition coefficient (Wildman–Crippen LogP) is -1.58. The zero-order valence-electron chi connectivity index (χ0n) is 4.18. The summed E-state index contributed by atoms with van der Waals surface area (Å²) in [5.41, 5.74) is 8.50. The second-order valence-electron chi connectivity index (χ2n) is 0.402. The first-order valence-corrected chi connectivity index (χ1v) is 0.781. The molecule has 0 heterocycles. The van der Waals surface area contributed by atoms with Gasteiger partial charge in [0.1, 0.15) is 0 Å². The Morgan fingerprint density at radius 3 is 1.14 bits per heavy atom. The number of urea groups is 1. The fourth-order valence-corrected chi connectivity index (χ4v) is 0. The predicted molar refractivity (Wildman–Crippen MR) is 30.3 cm³/mol. The number of amides is 2. The summed E-state index contributed by atoms with van der Waals surface area (Å²) in [6.07, 6.45) is 0. The molecule has 0 aromatic rings. The Kier molecular flexibility index (Phi) is 52.1. The van der Waals surface area contributed by atoms with Crippen molar-refractivity contribution in [3.05, 3.63) is 0 Å². The standard InChI is InChI=1S/CH4N2O.2Ca.H3N/c2-1(3)4;;;/h(H4,2,3,4);;;1H3. The van der Waals surface area contributed by atoms with E-state index >= 15 is 0 Å². The zero-order chi connectivity index (χ0) is 3.58. The quantitative estimate of drug-likeness (QED) is 0.369.